The molecule has 1 amide bonds. The molecule has 0 spiro atoms. The molecule has 0 radical (unpaired) electrons. The van der Waals surface area contributed by atoms with E-state index in [1.54, 1.807) is 11.0 Å². The molecule has 29 heavy (non-hydrogen) atoms. The Balaban J connectivity index is 1.96. The van der Waals surface area contributed by atoms with Crippen molar-refractivity contribution >= 4 is 12.1 Å². The number of hydrogen-bond donors (Lipinski definition) is 0. The van der Waals surface area contributed by atoms with Crippen LogP contribution in [-0.4, -0.2) is 35.7 Å². The molecule has 1 aliphatic rings. The minimum Gasteiger partial charge on any atom is -0.465 e. The highest BCUT2D eigenvalue weighted by Crippen LogP contribution is 2.30. The fourth-order valence-electron chi connectivity index (χ4n) is 3.56. The summed E-state index contributed by atoms with van der Waals surface area (Å²) < 4.78 is 25.1. The Morgan fingerprint density at radius 1 is 1.17 bits per heavy atom. The number of ether oxygens (including phenoxy) is 2. The van der Waals surface area contributed by atoms with Crippen molar-refractivity contribution in [1.29, 1.82) is 0 Å². The molecule has 1 unspecified atom stereocenters. The minimum atomic E-state index is -0.645. The maximum atomic E-state index is 14.8. The lowest BCUT2D eigenvalue weighted by atomic mass is 9.89. The summed E-state index contributed by atoms with van der Waals surface area (Å²) in [6, 6.07) is 12.3. The molecule has 1 atom stereocenters. The number of hydrogen-bond acceptors (Lipinski definition) is 4. The number of fused-ring (bicyclic) bond motifs is 1. The van der Waals surface area contributed by atoms with Gasteiger partial charge in [-0.25, -0.2) is 14.0 Å². The van der Waals surface area contributed by atoms with E-state index in [9.17, 15) is 14.0 Å². The van der Waals surface area contributed by atoms with Gasteiger partial charge in [-0.3, -0.25) is 0 Å². The number of nitrogens with zero attached hydrogens (tertiary/aromatic N) is 1. The number of benzene rings is 2. The van der Waals surface area contributed by atoms with Gasteiger partial charge in [0.05, 0.1) is 12.7 Å². The van der Waals surface area contributed by atoms with Crippen LogP contribution in [-0.2, 0) is 28.9 Å². The van der Waals surface area contributed by atoms with Crippen molar-refractivity contribution in [2.45, 2.75) is 51.8 Å². The molecule has 0 aromatic heterocycles. The van der Waals surface area contributed by atoms with Gasteiger partial charge in [-0.05, 0) is 62.4 Å². The van der Waals surface area contributed by atoms with Crippen molar-refractivity contribution in [2.24, 2.45) is 0 Å². The third kappa shape index (κ3) is 4.94. The first-order valence-electron chi connectivity index (χ1n) is 9.61. The Bertz CT molecular complexity index is 905. The smallest absolute Gasteiger partial charge is 0.410 e. The van der Waals surface area contributed by atoms with E-state index in [4.69, 9.17) is 9.47 Å². The number of methoxy groups -OCH3 is 1. The van der Waals surface area contributed by atoms with Gasteiger partial charge < -0.3 is 14.4 Å². The molecular formula is C23H26FNO4. The van der Waals surface area contributed by atoms with Crippen LogP contribution >= 0.6 is 0 Å². The lowest BCUT2D eigenvalue weighted by molar-refractivity contribution is 0.0117. The Morgan fingerprint density at radius 2 is 1.86 bits per heavy atom. The largest absolute Gasteiger partial charge is 0.465 e. The van der Waals surface area contributed by atoms with E-state index in [1.165, 1.54) is 13.2 Å². The number of carbonyl (C=O) groups excluding carboxylic acids is 2. The SMILES string of the molecule is COC(=O)c1cc(F)c2c(c1)CN(C(=O)OC(C)(C)C)C(Cc1ccccc1)C2. The number of halogens is 1. The van der Waals surface area contributed by atoms with Crippen molar-refractivity contribution in [1.82, 2.24) is 4.90 Å². The Labute approximate surface area is 170 Å². The quantitative estimate of drug-likeness (QED) is 0.713. The van der Waals surface area contributed by atoms with Crippen LogP contribution in [0.1, 0.15) is 47.8 Å². The molecule has 6 heteroatoms. The van der Waals surface area contributed by atoms with Crippen LogP contribution in [0, 0.1) is 5.82 Å². The molecule has 154 valence electrons. The zero-order valence-corrected chi connectivity index (χ0v) is 17.2. The average molecular weight is 399 g/mol. The second-order valence-electron chi connectivity index (χ2n) is 8.24. The van der Waals surface area contributed by atoms with Crippen molar-refractivity contribution in [3.63, 3.8) is 0 Å². The first-order chi connectivity index (χ1) is 13.7. The topological polar surface area (TPSA) is 55.8 Å². The van der Waals surface area contributed by atoms with Crippen LogP contribution in [0.3, 0.4) is 0 Å². The minimum absolute atomic E-state index is 0.134. The van der Waals surface area contributed by atoms with Gasteiger partial charge in [-0.2, -0.15) is 0 Å². The van der Waals surface area contributed by atoms with Gasteiger partial charge in [0.2, 0.25) is 0 Å². The second-order valence-corrected chi connectivity index (χ2v) is 8.24. The van der Waals surface area contributed by atoms with Gasteiger partial charge in [0.1, 0.15) is 11.4 Å². The van der Waals surface area contributed by atoms with Crippen molar-refractivity contribution in [3.05, 3.63) is 70.5 Å². The summed E-state index contributed by atoms with van der Waals surface area (Å²) in [5.74, 6) is -1.06. The predicted octanol–water partition coefficient (Wildman–Crippen LogP) is 4.52. The van der Waals surface area contributed by atoms with Crippen LogP contribution in [0.25, 0.3) is 0 Å². The van der Waals surface area contributed by atoms with E-state index >= 15 is 0 Å². The second kappa shape index (κ2) is 8.23. The summed E-state index contributed by atoms with van der Waals surface area (Å²) in [5.41, 5.74) is 1.67. The van der Waals surface area contributed by atoms with Crippen LogP contribution in [0.5, 0.6) is 0 Å². The fraction of sp³-hybridized carbons (Fsp3) is 0.391. The molecule has 0 N–H and O–H groups in total. The zero-order valence-electron chi connectivity index (χ0n) is 17.2. The van der Waals surface area contributed by atoms with Crippen LogP contribution in [0.15, 0.2) is 42.5 Å². The van der Waals surface area contributed by atoms with Gasteiger partial charge >= 0.3 is 12.1 Å². The maximum Gasteiger partial charge on any atom is 0.410 e. The molecule has 0 bridgehead atoms. The van der Waals surface area contributed by atoms with E-state index in [1.807, 2.05) is 51.1 Å². The number of esters is 1. The number of amides is 1. The highest BCUT2D eigenvalue weighted by Gasteiger charge is 2.34. The van der Waals surface area contributed by atoms with Crippen LogP contribution in [0.4, 0.5) is 9.18 Å². The molecule has 1 aliphatic heterocycles. The van der Waals surface area contributed by atoms with E-state index in [2.05, 4.69) is 0 Å². The van der Waals surface area contributed by atoms with Crippen molar-refractivity contribution < 1.29 is 23.5 Å². The Hall–Kier alpha value is -2.89. The normalized spacial score (nSPS) is 16.2. The number of rotatable bonds is 3. The summed E-state index contributed by atoms with van der Waals surface area (Å²) in [5, 5.41) is 0. The average Bonchev–Trinajstić information content (AvgIpc) is 2.66. The molecule has 1 heterocycles. The predicted molar refractivity (Wildman–Crippen MR) is 107 cm³/mol. The molecule has 3 rings (SSSR count). The summed E-state index contributed by atoms with van der Waals surface area (Å²) in [6.07, 6.45) is 0.474. The van der Waals surface area contributed by atoms with Crippen LogP contribution < -0.4 is 0 Å². The Morgan fingerprint density at radius 3 is 2.48 bits per heavy atom. The monoisotopic (exact) mass is 399 g/mol. The highest BCUT2D eigenvalue weighted by atomic mass is 19.1. The van der Waals surface area contributed by atoms with E-state index in [0.29, 0.717) is 24.0 Å². The Kier molecular flexibility index (Phi) is 5.91. The van der Waals surface area contributed by atoms with Gasteiger partial charge in [0, 0.05) is 12.6 Å². The molecule has 0 fully saturated rings. The fourth-order valence-corrected chi connectivity index (χ4v) is 3.56. The van der Waals surface area contributed by atoms with Gasteiger partial charge in [0.15, 0.2) is 0 Å². The summed E-state index contributed by atoms with van der Waals surface area (Å²) >= 11 is 0. The molecule has 0 saturated carbocycles. The first kappa shape index (κ1) is 20.8. The third-order valence-electron chi connectivity index (χ3n) is 4.87. The lowest BCUT2D eigenvalue weighted by Crippen LogP contribution is -2.47. The summed E-state index contributed by atoms with van der Waals surface area (Å²) in [4.78, 5) is 26.4. The van der Waals surface area contributed by atoms with E-state index < -0.39 is 23.5 Å². The van der Waals surface area contributed by atoms with E-state index in [-0.39, 0.29) is 18.2 Å². The van der Waals surface area contributed by atoms with Gasteiger partial charge in [-0.1, -0.05) is 30.3 Å². The molecule has 0 saturated heterocycles. The number of carbonyl (C=O) groups is 2. The van der Waals surface area contributed by atoms with Crippen molar-refractivity contribution in [2.75, 3.05) is 7.11 Å². The van der Waals surface area contributed by atoms with Crippen LogP contribution in [0.2, 0.25) is 0 Å². The summed E-state index contributed by atoms with van der Waals surface area (Å²) in [7, 11) is 1.25. The zero-order chi connectivity index (χ0) is 21.2. The molecule has 0 aliphatic carbocycles. The third-order valence-corrected chi connectivity index (χ3v) is 4.87. The standard InChI is InChI=1S/C23H26FNO4/c1-23(2,3)29-22(27)25-14-17-11-16(21(26)28-4)12-20(24)19(17)13-18(25)10-15-8-6-5-7-9-15/h5-9,11-12,18H,10,13-14H2,1-4H3. The highest BCUT2D eigenvalue weighted by molar-refractivity contribution is 5.89. The molecule has 5 nitrogen and oxygen atoms in total. The van der Waals surface area contributed by atoms with E-state index in [0.717, 1.165) is 5.56 Å². The first-order valence-corrected chi connectivity index (χ1v) is 9.61. The molecule has 2 aromatic carbocycles. The maximum absolute atomic E-state index is 14.8. The van der Waals surface area contributed by atoms with Gasteiger partial charge in [-0.15, -0.1) is 0 Å². The molecular weight excluding hydrogens is 373 g/mol. The lowest BCUT2D eigenvalue weighted by Gasteiger charge is -2.38. The summed E-state index contributed by atoms with van der Waals surface area (Å²) in [6.45, 7) is 5.60. The molecule has 2 aromatic rings. The van der Waals surface area contributed by atoms with Crippen molar-refractivity contribution in [3.8, 4) is 0 Å². The van der Waals surface area contributed by atoms with Gasteiger partial charge in [0.25, 0.3) is 0 Å².